The first-order valence-electron chi connectivity index (χ1n) is 6.78. The topological polar surface area (TPSA) is 67.2 Å². The Balaban J connectivity index is 2.04. The van der Waals surface area contributed by atoms with Gasteiger partial charge in [0.15, 0.2) is 15.7 Å². The van der Waals surface area contributed by atoms with Crippen molar-refractivity contribution in [3.63, 3.8) is 0 Å². The van der Waals surface area contributed by atoms with E-state index in [2.05, 4.69) is 22.2 Å². The average molecular weight is 284 g/mol. The first-order valence-corrected chi connectivity index (χ1v) is 8.61. The molecular weight excluding hydrogens is 264 g/mol. The van der Waals surface area contributed by atoms with Gasteiger partial charge in [-0.05, 0) is 12.8 Å². The molecule has 1 aromatic rings. The molecule has 0 aromatic carbocycles. The Morgan fingerprint density at radius 1 is 1.47 bits per heavy atom. The highest BCUT2D eigenvalue weighted by Gasteiger charge is 2.36. The lowest BCUT2D eigenvalue weighted by atomic mass is 10.2. The summed E-state index contributed by atoms with van der Waals surface area (Å²) in [6, 6.07) is 0.0765. The monoisotopic (exact) mass is 284 g/mol. The SMILES string of the molecule is CCc1nn(C)c2c1NCCC1CS(=O)(=O)CCN21. The van der Waals surface area contributed by atoms with E-state index < -0.39 is 9.84 Å². The first kappa shape index (κ1) is 12.8. The lowest BCUT2D eigenvalue weighted by Gasteiger charge is -2.35. The standard InChI is InChI=1S/C12H20N4O2S/c1-3-10-11-12(15(2)14-10)16-6-7-19(17,18)8-9(16)4-5-13-11/h9,13H,3-8H2,1-2H3. The molecule has 2 aliphatic rings. The second kappa shape index (κ2) is 4.40. The van der Waals surface area contributed by atoms with Gasteiger partial charge in [-0.2, -0.15) is 5.10 Å². The molecule has 3 rings (SSSR count). The summed E-state index contributed by atoms with van der Waals surface area (Å²) in [5.41, 5.74) is 2.15. The molecule has 6 nitrogen and oxygen atoms in total. The number of nitrogens with one attached hydrogen (secondary N) is 1. The smallest absolute Gasteiger partial charge is 0.154 e. The molecule has 1 N–H and O–H groups in total. The van der Waals surface area contributed by atoms with Crippen LogP contribution in [0.2, 0.25) is 0 Å². The highest BCUT2D eigenvalue weighted by atomic mass is 32.2. The Morgan fingerprint density at radius 3 is 3.00 bits per heavy atom. The number of aromatic nitrogens is 2. The number of rotatable bonds is 1. The van der Waals surface area contributed by atoms with Crippen LogP contribution in [0.25, 0.3) is 0 Å². The Hall–Kier alpha value is -1.24. The summed E-state index contributed by atoms with van der Waals surface area (Å²) in [7, 11) is -0.947. The molecule has 7 heteroatoms. The fourth-order valence-corrected chi connectivity index (χ4v) is 4.67. The van der Waals surface area contributed by atoms with Crippen molar-refractivity contribution >= 4 is 21.3 Å². The predicted octanol–water partition coefficient (Wildman–Crippen LogP) is 0.401. The molecule has 3 heterocycles. The highest BCUT2D eigenvalue weighted by Crippen LogP contribution is 2.35. The van der Waals surface area contributed by atoms with Crippen LogP contribution in [-0.2, 0) is 23.3 Å². The van der Waals surface area contributed by atoms with Crippen molar-refractivity contribution in [2.45, 2.75) is 25.8 Å². The van der Waals surface area contributed by atoms with Gasteiger partial charge in [0.25, 0.3) is 0 Å². The molecule has 19 heavy (non-hydrogen) atoms. The Morgan fingerprint density at radius 2 is 2.26 bits per heavy atom. The summed E-state index contributed by atoms with van der Waals surface area (Å²) in [6.07, 6.45) is 1.74. The minimum absolute atomic E-state index is 0.0765. The Bertz CT molecular complexity index is 593. The molecule has 0 saturated carbocycles. The molecule has 0 radical (unpaired) electrons. The van der Waals surface area contributed by atoms with Crippen LogP contribution in [0.15, 0.2) is 0 Å². The van der Waals surface area contributed by atoms with Crippen LogP contribution < -0.4 is 10.2 Å². The zero-order chi connectivity index (χ0) is 13.6. The van der Waals surface area contributed by atoms with Gasteiger partial charge in [-0.15, -0.1) is 0 Å². The van der Waals surface area contributed by atoms with Gasteiger partial charge < -0.3 is 10.2 Å². The molecule has 1 saturated heterocycles. The third kappa shape index (κ3) is 2.09. The van der Waals surface area contributed by atoms with Crippen LogP contribution in [0.3, 0.4) is 0 Å². The second-order valence-electron chi connectivity index (χ2n) is 5.30. The van der Waals surface area contributed by atoms with Crippen LogP contribution in [0, 0.1) is 0 Å². The lowest BCUT2D eigenvalue weighted by Crippen LogP contribution is -2.49. The van der Waals surface area contributed by atoms with E-state index >= 15 is 0 Å². The third-order valence-corrected chi connectivity index (χ3v) is 5.70. The van der Waals surface area contributed by atoms with Crippen molar-refractivity contribution in [2.75, 3.05) is 34.8 Å². The van der Waals surface area contributed by atoms with Crippen molar-refractivity contribution in [1.29, 1.82) is 0 Å². The molecule has 2 aliphatic heterocycles. The number of hydrogen-bond acceptors (Lipinski definition) is 5. The molecule has 1 aromatic heterocycles. The van der Waals surface area contributed by atoms with Gasteiger partial charge in [0.2, 0.25) is 0 Å². The van der Waals surface area contributed by atoms with Crippen molar-refractivity contribution in [2.24, 2.45) is 7.05 Å². The van der Waals surface area contributed by atoms with Crippen LogP contribution in [0.5, 0.6) is 0 Å². The quantitative estimate of drug-likeness (QED) is 0.808. The van der Waals surface area contributed by atoms with E-state index in [1.54, 1.807) is 0 Å². The van der Waals surface area contributed by atoms with Gasteiger partial charge in [0, 0.05) is 26.2 Å². The van der Waals surface area contributed by atoms with Crippen LogP contribution in [-0.4, -0.2) is 48.8 Å². The molecule has 1 unspecified atom stereocenters. The van der Waals surface area contributed by atoms with Gasteiger partial charge in [-0.1, -0.05) is 6.92 Å². The molecule has 0 amide bonds. The van der Waals surface area contributed by atoms with Crippen molar-refractivity contribution in [1.82, 2.24) is 9.78 Å². The van der Waals surface area contributed by atoms with Crippen molar-refractivity contribution in [3.8, 4) is 0 Å². The fourth-order valence-electron chi connectivity index (χ4n) is 3.10. The maximum atomic E-state index is 11.8. The fraction of sp³-hybridized carbons (Fsp3) is 0.750. The van der Waals surface area contributed by atoms with E-state index in [0.717, 1.165) is 36.6 Å². The first-order chi connectivity index (χ1) is 9.02. The van der Waals surface area contributed by atoms with Gasteiger partial charge in [-0.3, -0.25) is 4.68 Å². The van der Waals surface area contributed by atoms with E-state index in [0.29, 0.717) is 6.54 Å². The number of fused-ring (bicyclic) bond motifs is 3. The number of aryl methyl sites for hydroxylation is 2. The third-order valence-electron chi connectivity index (χ3n) is 4.01. The summed E-state index contributed by atoms with van der Waals surface area (Å²) in [5, 5.41) is 7.97. The molecule has 1 atom stereocenters. The van der Waals surface area contributed by atoms with Gasteiger partial charge >= 0.3 is 0 Å². The largest absolute Gasteiger partial charge is 0.380 e. The Labute approximate surface area is 113 Å². The zero-order valence-corrected chi connectivity index (χ0v) is 12.2. The average Bonchev–Trinajstić information content (AvgIpc) is 2.55. The van der Waals surface area contributed by atoms with E-state index in [-0.39, 0.29) is 17.5 Å². The highest BCUT2D eigenvalue weighted by molar-refractivity contribution is 7.91. The van der Waals surface area contributed by atoms with Crippen molar-refractivity contribution < 1.29 is 8.42 Å². The Kier molecular flexibility index (Phi) is 2.96. The molecule has 106 valence electrons. The maximum absolute atomic E-state index is 11.8. The lowest BCUT2D eigenvalue weighted by molar-refractivity contribution is 0.540. The zero-order valence-electron chi connectivity index (χ0n) is 11.4. The molecular formula is C12H20N4O2S. The van der Waals surface area contributed by atoms with E-state index in [1.807, 2.05) is 11.7 Å². The molecule has 0 aliphatic carbocycles. The summed E-state index contributed by atoms with van der Waals surface area (Å²) < 4.78 is 25.5. The summed E-state index contributed by atoms with van der Waals surface area (Å²) in [6.45, 7) is 3.47. The van der Waals surface area contributed by atoms with Crippen LogP contribution in [0.4, 0.5) is 11.5 Å². The minimum Gasteiger partial charge on any atom is -0.380 e. The summed E-state index contributed by atoms with van der Waals surface area (Å²) >= 11 is 0. The van der Waals surface area contributed by atoms with Crippen molar-refractivity contribution in [3.05, 3.63) is 5.69 Å². The number of anilines is 2. The summed E-state index contributed by atoms with van der Waals surface area (Å²) in [4.78, 5) is 2.22. The predicted molar refractivity (Wildman–Crippen MR) is 75.5 cm³/mol. The maximum Gasteiger partial charge on any atom is 0.154 e. The normalized spacial score (nSPS) is 25.2. The number of hydrogen-bond donors (Lipinski definition) is 1. The molecule has 0 bridgehead atoms. The van der Waals surface area contributed by atoms with Crippen LogP contribution in [0.1, 0.15) is 19.0 Å². The van der Waals surface area contributed by atoms with E-state index in [1.165, 1.54) is 0 Å². The minimum atomic E-state index is -2.88. The second-order valence-corrected chi connectivity index (χ2v) is 7.53. The van der Waals surface area contributed by atoms with Gasteiger partial charge in [0.1, 0.15) is 5.69 Å². The van der Waals surface area contributed by atoms with E-state index in [9.17, 15) is 8.42 Å². The van der Waals surface area contributed by atoms with E-state index in [4.69, 9.17) is 0 Å². The number of sulfone groups is 1. The molecule has 1 fully saturated rings. The number of nitrogens with zero attached hydrogens (tertiary/aromatic N) is 3. The van der Waals surface area contributed by atoms with Gasteiger partial charge in [-0.25, -0.2) is 8.42 Å². The van der Waals surface area contributed by atoms with Crippen LogP contribution >= 0.6 is 0 Å². The molecule has 0 spiro atoms. The van der Waals surface area contributed by atoms with Gasteiger partial charge in [0.05, 0.1) is 17.2 Å². The summed E-state index contributed by atoms with van der Waals surface area (Å²) in [5.74, 6) is 1.56.